The van der Waals surface area contributed by atoms with Crippen LogP contribution in [0.2, 0.25) is 0 Å². The standard InChI is InChI=1S/C16H12F10/c17-11-7-4-8(10-6-2-1-5(3-6)9(7)10)12(11,18)14(21,22)16(25,26)15(23,24)13(11,19)20/h1-2,5-10H,3-4H2. The maximum Gasteiger partial charge on any atom is 0.381 e. The first-order chi connectivity index (χ1) is 11.7. The van der Waals surface area contributed by atoms with Gasteiger partial charge in [0, 0.05) is 11.8 Å². The lowest BCUT2D eigenvalue weighted by atomic mass is 9.53. The van der Waals surface area contributed by atoms with Crippen molar-refractivity contribution in [1.29, 1.82) is 0 Å². The van der Waals surface area contributed by atoms with Crippen molar-refractivity contribution in [3.63, 3.8) is 0 Å². The van der Waals surface area contributed by atoms with Crippen LogP contribution in [0.15, 0.2) is 12.2 Å². The Labute approximate surface area is 140 Å². The molecule has 5 aliphatic carbocycles. The highest BCUT2D eigenvalue weighted by molar-refractivity contribution is 5.40. The molecule has 5 rings (SSSR count). The van der Waals surface area contributed by atoms with Crippen LogP contribution in [0, 0.1) is 35.5 Å². The average molecular weight is 394 g/mol. The largest absolute Gasteiger partial charge is 0.381 e. The zero-order valence-electron chi connectivity index (χ0n) is 12.8. The monoisotopic (exact) mass is 394 g/mol. The molecule has 0 saturated heterocycles. The van der Waals surface area contributed by atoms with Gasteiger partial charge in [-0.1, -0.05) is 12.2 Å². The van der Waals surface area contributed by atoms with Crippen LogP contribution in [0.5, 0.6) is 0 Å². The van der Waals surface area contributed by atoms with E-state index in [0.717, 1.165) is 0 Å². The van der Waals surface area contributed by atoms with Gasteiger partial charge in [0.25, 0.3) is 0 Å². The minimum absolute atomic E-state index is 0.276. The van der Waals surface area contributed by atoms with Gasteiger partial charge in [-0.15, -0.1) is 0 Å². The third-order valence-electron chi connectivity index (χ3n) is 7.67. The van der Waals surface area contributed by atoms with Crippen LogP contribution in [0.3, 0.4) is 0 Å². The Balaban J connectivity index is 1.79. The van der Waals surface area contributed by atoms with Crippen molar-refractivity contribution in [2.75, 3.05) is 0 Å². The summed E-state index contributed by atoms with van der Waals surface area (Å²) in [5.74, 6) is -33.4. The lowest BCUT2D eigenvalue weighted by Crippen LogP contribution is -2.87. The van der Waals surface area contributed by atoms with Crippen molar-refractivity contribution in [1.82, 2.24) is 0 Å². The molecule has 0 heterocycles. The van der Waals surface area contributed by atoms with Crippen LogP contribution in [-0.2, 0) is 0 Å². The molecule has 0 aromatic carbocycles. The van der Waals surface area contributed by atoms with Gasteiger partial charge in [0.1, 0.15) is 0 Å². The van der Waals surface area contributed by atoms with E-state index in [1.807, 2.05) is 0 Å². The summed E-state index contributed by atoms with van der Waals surface area (Å²) >= 11 is 0. The van der Waals surface area contributed by atoms with Crippen molar-refractivity contribution in [3.8, 4) is 0 Å². The van der Waals surface area contributed by atoms with Gasteiger partial charge in [-0.25, -0.2) is 8.78 Å². The Morgan fingerprint density at radius 3 is 1.19 bits per heavy atom. The van der Waals surface area contributed by atoms with E-state index in [4.69, 9.17) is 0 Å². The van der Waals surface area contributed by atoms with Crippen molar-refractivity contribution in [2.45, 2.75) is 47.9 Å². The molecule has 4 fully saturated rings. The molecule has 0 aromatic heterocycles. The molecule has 0 N–H and O–H groups in total. The maximum absolute atomic E-state index is 15.5. The molecule has 146 valence electrons. The van der Waals surface area contributed by atoms with Gasteiger partial charge in [-0.2, -0.15) is 35.1 Å². The number of fused-ring (bicyclic) bond motifs is 12. The second-order valence-electron chi connectivity index (χ2n) is 8.27. The first-order valence-corrected chi connectivity index (χ1v) is 8.27. The van der Waals surface area contributed by atoms with Crippen LogP contribution < -0.4 is 0 Å². The SMILES string of the molecule is FC1(F)C(F)(F)C(F)(F)C2(F)C3CC(C4C5C=CC(C5)C43)C2(F)C1(F)F. The minimum atomic E-state index is -6.72. The normalized spacial score (nSPS) is 58.7. The van der Waals surface area contributed by atoms with Crippen LogP contribution in [-0.4, -0.2) is 35.0 Å². The second-order valence-corrected chi connectivity index (χ2v) is 8.27. The summed E-state index contributed by atoms with van der Waals surface area (Å²) in [6, 6.07) is 0. The van der Waals surface area contributed by atoms with Gasteiger partial charge >= 0.3 is 23.7 Å². The molecule has 0 spiro atoms. The molecule has 8 atom stereocenters. The van der Waals surface area contributed by atoms with E-state index < -0.39 is 77.0 Å². The first kappa shape index (κ1) is 17.2. The van der Waals surface area contributed by atoms with E-state index in [9.17, 15) is 35.1 Å². The predicted molar refractivity (Wildman–Crippen MR) is 66.8 cm³/mol. The predicted octanol–water partition coefficient (Wildman–Crippen LogP) is 5.05. The zero-order valence-corrected chi connectivity index (χ0v) is 12.8. The summed E-state index contributed by atoms with van der Waals surface area (Å²) in [6.07, 6.45) is 2.52. The third kappa shape index (κ3) is 1.16. The number of allylic oxidation sites excluding steroid dienone is 2. The molecule has 4 saturated carbocycles. The summed E-state index contributed by atoms with van der Waals surface area (Å²) in [6.45, 7) is 0. The van der Waals surface area contributed by atoms with Crippen molar-refractivity contribution in [2.24, 2.45) is 35.5 Å². The molecule has 5 aliphatic rings. The van der Waals surface area contributed by atoms with Gasteiger partial charge in [0.2, 0.25) is 11.3 Å². The Morgan fingerprint density at radius 1 is 0.500 bits per heavy atom. The highest BCUT2D eigenvalue weighted by Gasteiger charge is 3.04. The molecule has 10 heteroatoms. The van der Waals surface area contributed by atoms with Gasteiger partial charge in [0.15, 0.2) is 0 Å². The second kappa shape index (κ2) is 3.92. The molecule has 0 amide bonds. The Morgan fingerprint density at radius 2 is 0.846 bits per heavy atom. The van der Waals surface area contributed by atoms with Gasteiger partial charge < -0.3 is 0 Å². The highest BCUT2D eigenvalue weighted by atomic mass is 19.4. The molecule has 26 heavy (non-hydrogen) atoms. The number of alkyl halides is 10. The zero-order chi connectivity index (χ0) is 19.3. The first-order valence-electron chi connectivity index (χ1n) is 8.27. The van der Waals surface area contributed by atoms with E-state index in [1.54, 1.807) is 12.2 Å². The Hall–Kier alpha value is -0.960. The number of hydrogen-bond donors (Lipinski definition) is 0. The lowest BCUT2D eigenvalue weighted by Gasteiger charge is -2.60. The maximum atomic E-state index is 15.5. The molecule has 0 aromatic rings. The molecule has 0 radical (unpaired) electrons. The van der Waals surface area contributed by atoms with Gasteiger partial charge in [-0.05, 0) is 36.5 Å². The van der Waals surface area contributed by atoms with Crippen molar-refractivity contribution < 1.29 is 43.9 Å². The van der Waals surface area contributed by atoms with Crippen LogP contribution in [0.1, 0.15) is 12.8 Å². The molecule has 0 nitrogen and oxygen atoms in total. The summed E-state index contributed by atoms with van der Waals surface area (Å²) in [5, 5.41) is 0. The van der Waals surface area contributed by atoms with Crippen LogP contribution >= 0.6 is 0 Å². The lowest BCUT2D eigenvalue weighted by molar-refractivity contribution is -0.474. The molecule has 4 bridgehead atoms. The Kier molecular flexibility index (Phi) is 2.59. The quantitative estimate of drug-likeness (QED) is 0.307. The average Bonchev–Trinajstić information content (AvgIpc) is 3.25. The Bertz CT molecular complexity index is 671. The topological polar surface area (TPSA) is 0 Å². The van der Waals surface area contributed by atoms with Crippen LogP contribution in [0.25, 0.3) is 0 Å². The van der Waals surface area contributed by atoms with E-state index >= 15 is 8.78 Å². The molecule has 8 unspecified atom stereocenters. The van der Waals surface area contributed by atoms with Crippen molar-refractivity contribution in [3.05, 3.63) is 12.2 Å². The summed E-state index contributed by atoms with van der Waals surface area (Å²) in [4.78, 5) is 0. The van der Waals surface area contributed by atoms with Gasteiger partial charge in [0.05, 0.1) is 0 Å². The van der Waals surface area contributed by atoms with Crippen molar-refractivity contribution >= 4 is 0 Å². The summed E-state index contributed by atoms with van der Waals surface area (Å²) in [7, 11) is 0. The molecular formula is C16H12F10. The minimum Gasteiger partial charge on any atom is -0.233 e. The van der Waals surface area contributed by atoms with E-state index in [-0.39, 0.29) is 6.42 Å². The van der Waals surface area contributed by atoms with E-state index in [1.165, 1.54) is 0 Å². The molecule has 0 aliphatic heterocycles. The number of hydrogen-bond acceptors (Lipinski definition) is 0. The fourth-order valence-corrected chi connectivity index (χ4v) is 6.79. The van der Waals surface area contributed by atoms with Crippen LogP contribution in [0.4, 0.5) is 43.9 Å². The summed E-state index contributed by atoms with van der Waals surface area (Å²) < 4.78 is 143. The molecular weight excluding hydrogens is 382 g/mol. The van der Waals surface area contributed by atoms with E-state index in [2.05, 4.69) is 0 Å². The summed E-state index contributed by atoms with van der Waals surface area (Å²) in [5.41, 5.74) is -10.1. The smallest absolute Gasteiger partial charge is 0.233 e. The number of halogens is 10. The third-order valence-corrected chi connectivity index (χ3v) is 7.67. The van der Waals surface area contributed by atoms with Gasteiger partial charge in [-0.3, -0.25) is 0 Å². The number of rotatable bonds is 0. The van der Waals surface area contributed by atoms with E-state index in [0.29, 0.717) is 0 Å². The fourth-order valence-electron chi connectivity index (χ4n) is 6.79. The highest BCUT2D eigenvalue weighted by Crippen LogP contribution is 2.82. The fraction of sp³-hybridized carbons (Fsp3) is 0.875.